The lowest BCUT2D eigenvalue weighted by Crippen LogP contribution is -2.52. The highest BCUT2D eigenvalue weighted by Crippen LogP contribution is 2.46. The summed E-state index contributed by atoms with van der Waals surface area (Å²) in [5, 5.41) is 11.2. The number of ether oxygens (including phenoxy) is 3. The van der Waals surface area contributed by atoms with Gasteiger partial charge in [0, 0.05) is 42.4 Å². The Hall–Kier alpha value is -3.38. The number of nitrogens with one attached hydrogen (secondary N) is 3. The molecule has 2 fully saturated rings. The first kappa shape index (κ1) is 30.1. The molecule has 0 bridgehead atoms. The monoisotopic (exact) mass is 615 g/mol. The van der Waals surface area contributed by atoms with Crippen molar-refractivity contribution in [3.8, 4) is 22.8 Å². The van der Waals surface area contributed by atoms with E-state index in [0.29, 0.717) is 82.3 Å². The summed E-state index contributed by atoms with van der Waals surface area (Å²) in [6, 6.07) is 3.46. The van der Waals surface area contributed by atoms with Gasteiger partial charge in [-0.25, -0.2) is 15.0 Å². The SMILES string of the molecule is C=CC(=O)N[C@H]1CCOC[C@H]1Nc1ncc2cc(-c3c(Cl)c(OC)cc(OC)c3Cl)nc(NCC3CCCN3C)c2n1. The number of pyridine rings is 1. The third kappa shape index (κ3) is 6.34. The van der Waals surface area contributed by atoms with Crippen LogP contribution in [-0.4, -0.2) is 91.5 Å². The van der Waals surface area contributed by atoms with Crippen LogP contribution in [0.25, 0.3) is 22.2 Å². The molecule has 0 aliphatic carbocycles. The lowest BCUT2D eigenvalue weighted by Gasteiger charge is -2.32. The van der Waals surface area contributed by atoms with Crippen molar-refractivity contribution in [2.75, 3.05) is 58.2 Å². The van der Waals surface area contributed by atoms with Gasteiger partial charge in [0.25, 0.3) is 0 Å². The number of methoxy groups -OCH3 is 2. The van der Waals surface area contributed by atoms with Gasteiger partial charge in [-0.2, -0.15) is 0 Å². The topological polar surface area (TPSA) is 123 Å². The minimum atomic E-state index is -0.236. The number of likely N-dealkylation sites (tertiary alicyclic amines) is 1. The average molecular weight is 617 g/mol. The van der Waals surface area contributed by atoms with Gasteiger partial charge in [0.2, 0.25) is 11.9 Å². The van der Waals surface area contributed by atoms with Gasteiger partial charge in [-0.05, 0) is 45.0 Å². The average Bonchev–Trinajstić information content (AvgIpc) is 3.41. The van der Waals surface area contributed by atoms with Crippen LogP contribution >= 0.6 is 23.2 Å². The molecule has 5 rings (SSSR count). The van der Waals surface area contributed by atoms with Gasteiger partial charge in [-0.3, -0.25) is 4.79 Å². The van der Waals surface area contributed by atoms with Crippen LogP contribution in [0.3, 0.4) is 0 Å². The Morgan fingerprint density at radius 3 is 2.60 bits per heavy atom. The quantitative estimate of drug-likeness (QED) is 0.283. The van der Waals surface area contributed by atoms with E-state index in [-0.39, 0.29) is 18.0 Å². The highest BCUT2D eigenvalue weighted by atomic mass is 35.5. The van der Waals surface area contributed by atoms with E-state index in [2.05, 4.69) is 39.5 Å². The number of benzene rings is 1. The maximum atomic E-state index is 12.0. The van der Waals surface area contributed by atoms with Gasteiger partial charge in [0.05, 0.1) is 48.6 Å². The number of aromatic nitrogens is 3. The van der Waals surface area contributed by atoms with Crippen LogP contribution in [0.15, 0.2) is 31.0 Å². The fourth-order valence-electron chi connectivity index (χ4n) is 5.38. The molecule has 3 N–H and O–H groups in total. The summed E-state index contributed by atoms with van der Waals surface area (Å²) >= 11 is 13.5. The first-order valence-corrected chi connectivity index (χ1v) is 14.6. The lowest BCUT2D eigenvalue weighted by molar-refractivity contribution is -0.117. The molecule has 3 aromatic rings. The van der Waals surface area contributed by atoms with Crippen LogP contribution in [-0.2, 0) is 9.53 Å². The zero-order valence-electron chi connectivity index (χ0n) is 23.9. The van der Waals surface area contributed by atoms with Crippen LogP contribution in [0.5, 0.6) is 11.5 Å². The molecule has 42 heavy (non-hydrogen) atoms. The Balaban J connectivity index is 1.55. The lowest BCUT2D eigenvalue weighted by atomic mass is 10.0. The summed E-state index contributed by atoms with van der Waals surface area (Å²) in [6.07, 6.45) is 5.88. The van der Waals surface area contributed by atoms with Crippen molar-refractivity contribution in [2.24, 2.45) is 0 Å². The van der Waals surface area contributed by atoms with Gasteiger partial charge in [0.1, 0.15) is 17.0 Å². The smallest absolute Gasteiger partial charge is 0.243 e. The number of fused-ring (bicyclic) bond motifs is 1. The Morgan fingerprint density at radius 2 is 1.93 bits per heavy atom. The number of nitrogens with zero attached hydrogens (tertiary/aromatic N) is 4. The maximum Gasteiger partial charge on any atom is 0.243 e. The minimum Gasteiger partial charge on any atom is -0.495 e. The number of carbonyl (C=O) groups excluding carboxylic acids is 1. The van der Waals surface area contributed by atoms with E-state index >= 15 is 0 Å². The van der Waals surface area contributed by atoms with Crippen LogP contribution in [0.4, 0.5) is 11.8 Å². The second-order valence-corrected chi connectivity index (χ2v) is 11.1. The standard InChI is InChI=1S/C29H35Cl2N7O4/c1-5-23(39)34-18-8-10-42-15-20(18)36-29-33-13-16-11-19(24-25(30)21(40-3)12-22(41-4)26(24)31)35-28(27(16)37-29)32-14-17-7-6-9-38(17)2/h5,11-13,17-18,20H,1,6-10,14-15H2,2-4H3,(H,32,35)(H,34,39)(H,33,36,37)/t17?,18-,20+/m0/s1. The third-order valence-electron chi connectivity index (χ3n) is 7.76. The molecule has 2 saturated heterocycles. The summed E-state index contributed by atoms with van der Waals surface area (Å²) in [6.45, 7) is 6.24. The van der Waals surface area contributed by atoms with E-state index < -0.39 is 0 Å². The zero-order valence-corrected chi connectivity index (χ0v) is 25.4. The largest absolute Gasteiger partial charge is 0.495 e. The zero-order chi connectivity index (χ0) is 29.8. The van der Waals surface area contributed by atoms with Gasteiger partial charge in [-0.15, -0.1) is 0 Å². The molecular weight excluding hydrogens is 581 g/mol. The van der Waals surface area contributed by atoms with Crippen molar-refractivity contribution in [2.45, 2.75) is 37.4 Å². The van der Waals surface area contributed by atoms with E-state index in [1.54, 1.807) is 12.3 Å². The van der Waals surface area contributed by atoms with Crippen LogP contribution < -0.4 is 25.4 Å². The molecule has 4 heterocycles. The summed E-state index contributed by atoms with van der Waals surface area (Å²) in [5.41, 5.74) is 1.64. The molecule has 2 aromatic heterocycles. The Labute approximate surface area is 254 Å². The highest BCUT2D eigenvalue weighted by Gasteiger charge is 2.28. The van der Waals surface area contributed by atoms with E-state index in [1.165, 1.54) is 20.3 Å². The molecule has 13 heteroatoms. The van der Waals surface area contributed by atoms with Crippen molar-refractivity contribution < 1.29 is 19.0 Å². The first-order valence-electron chi connectivity index (χ1n) is 13.8. The van der Waals surface area contributed by atoms with E-state index in [9.17, 15) is 4.79 Å². The summed E-state index contributed by atoms with van der Waals surface area (Å²) in [5.74, 6) is 1.56. The molecular formula is C29H35Cl2N7O4. The Kier molecular flexibility index (Phi) is 9.52. The van der Waals surface area contributed by atoms with Crippen LogP contribution in [0.2, 0.25) is 10.0 Å². The summed E-state index contributed by atoms with van der Waals surface area (Å²) in [4.78, 5) is 28.7. The Morgan fingerprint density at radius 1 is 1.17 bits per heavy atom. The van der Waals surface area contributed by atoms with E-state index in [1.807, 2.05) is 6.07 Å². The summed E-state index contributed by atoms with van der Waals surface area (Å²) in [7, 11) is 5.19. The number of amides is 1. The third-order valence-corrected chi connectivity index (χ3v) is 8.51. The number of halogens is 2. The summed E-state index contributed by atoms with van der Waals surface area (Å²) < 4.78 is 16.6. The van der Waals surface area contributed by atoms with Crippen LogP contribution in [0.1, 0.15) is 19.3 Å². The second-order valence-electron chi connectivity index (χ2n) is 10.4. The fourth-order valence-corrected chi connectivity index (χ4v) is 6.08. The van der Waals surface area contributed by atoms with E-state index in [0.717, 1.165) is 24.8 Å². The number of hydrogen-bond donors (Lipinski definition) is 3. The van der Waals surface area contributed by atoms with Gasteiger partial charge in [-0.1, -0.05) is 29.8 Å². The number of rotatable bonds is 10. The number of hydrogen-bond acceptors (Lipinski definition) is 10. The second kappa shape index (κ2) is 13.3. The van der Waals surface area contributed by atoms with E-state index in [4.69, 9.17) is 47.4 Å². The van der Waals surface area contributed by atoms with Gasteiger partial charge >= 0.3 is 0 Å². The molecule has 11 nitrogen and oxygen atoms in total. The van der Waals surface area contributed by atoms with Crippen molar-refractivity contribution in [3.05, 3.63) is 41.0 Å². The molecule has 1 aromatic carbocycles. The minimum absolute atomic E-state index is 0.160. The molecule has 0 saturated carbocycles. The van der Waals surface area contributed by atoms with Crippen molar-refractivity contribution in [1.29, 1.82) is 0 Å². The number of carbonyl (C=O) groups is 1. The first-order chi connectivity index (χ1) is 20.3. The predicted molar refractivity (Wildman–Crippen MR) is 165 cm³/mol. The fraction of sp³-hybridized carbons (Fsp3) is 0.448. The molecule has 0 radical (unpaired) electrons. The van der Waals surface area contributed by atoms with Gasteiger partial charge < -0.3 is 35.1 Å². The molecule has 2 aliphatic heterocycles. The molecule has 224 valence electrons. The predicted octanol–water partition coefficient (Wildman–Crippen LogP) is 4.39. The molecule has 3 atom stereocenters. The van der Waals surface area contributed by atoms with Crippen molar-refractivity contribution in [3.63, 3.8) is 0 Å². The normalized spacial score (nSPS) is 20.7. The number of anilines is 2. The molecule has 2 aliphatic rings. The van der Waals surface area contributed by atoms with Crippen molar-refractivity contribution in [1.82, 2.24) is 25.2 Å². The van der Waals surface area contributed by atoms with Gasteiger partial charge in [0.15, 0.2) is 5.82 Å². The molecule has 1 amide bonds. The highest BCUT2D eigenvalue weighted by molar-refractivity contribution is 6.41. The number of likely N-dealkylation sites (N-methyl/N-ethyl adjacent to an activating group) is 1. The van der Waals surface area contributed by atoms with Crippen molar-refractivity contribution >= 4 is 51.8 Å². The molecule has 1 unspecified atom stereocenters. The Bertz CT molecular complexity index is 1450. The van der Waals surface area contributed by atoms with Crippen LogP contribution in [0, 0.1) is 0 Å². The maximum absolute atomic E-state index is 12.0. The molecule has 0 spiro atoms.